The summed E-state index contributed by atoms with van der Waals surface area (Å²) in [6, 6.07) is 14.3. The molecule has 6 heteroatoms. The van der Waals surface area contributed by atoms with Gasteiger partial charge in [-0.2, -0.15) is 5.10 Å². The molecule has 2 rings (SSSR count). The number of benzene rings is 2. The van der Waals surface area contributed by atoms with E-state index < -0.39 is 6.10 Å². The first-order valence-corrected chi connectivity index (χ1v) is 7.95. The van der Waals surface area contributed by atoms with E-state index in [2.05, 4.69) is 10.5 Å². The number of para-hydroxylation sites is 1. The molecule has 0 saturated carbocycles. The lowest BCUT2D eigenvalue weighted by Crippen LogP contribution is -2.33. The summed E-state index contributed by atoms with van der Waals surface area (Å²) in [7, 11) is 0. The Hall–Kier alpha value is -2.53. The van der Waals surface area contributed by atoms with E-state index in [1.54, 1.807) is 31.2 Å². The van der Waals surface area contributed by atoms with Crippen LogP contribution in [-0.2, 0) is 4.79 Å². The van der Waals surface area contributed by atoms with Crippen LogP contribution in [0.4, 0.5) is 0 Å². The Bertz CT molecular complexity index is 719. The Balaban J connectivity index is 1.92. The fourth-order valence-electron chi connectivity index (χ4n) is 1.93. The summed E-state index contributed by atoms with van der Waals surface area (Å²) in [4.78, 5) is 12.0. The average molecular weight is 347 g/mol. The van der Waals surface area contributed by atoms with Crippen molar-refractivity contribution in [2.24, 2.45) is 5.10 Å². The number of rotatable bonds is 7. The molecule has 0 fully saturated rings. The molecule has 126 valence electrons. The maximum Gasteiger partial charge on any atom is 0.280 e. The summed E-state index contributed by atoms with van der Waals surface area (Å²) in [5.41, 5.74) is 3.23. The first-order chi connectivity index (χ1) is 11.6. The molecule has 0 aliphatic heterocycles. The number of hydrogen-bond acceptors (Lipinski definition) is 4. The van der Waals surface area contributed by atoms with Gasteiger partial charge in [0.05, 0.1) is 12.8 Å². The highest BCUT2D eigenvalue weighted by molar-refractivity contribution is 6.30. The number of nitrogens with one attached hydrogen (secondary N) is 1. The fraction of sp³-hybridized carbons (Fsp3) is 0.222. The van der Waals surface area contributed by atoms with Gasteiger partial charge in [0, 0.05) is 10.6 Å². The largest absolute Gasteiger partial charge is 0.493 e. The van der Waals surface area contributed by atoms with E-state index in [4.69, 9.17) is 21.1 Å². The van der Waals surface area contributed by atoms with Crippen molar-refractivity contribution in [1.29, 1.82) is 0 Å². The molecule has 0 heterocycles. The van der Waals surface area contributed by atoms with Crippen molar-refractivity contribution >= 4 is 23.7 Å². The van der Waals surface area contributed by atoms with Crippen LogP contribution in [-0.4, -0.2) is 24.8 Å². The summed E-state index contributed by atoms with van der Waals surface area (Å²) in [5.74, 6) is 0.872. The lowest BCUT2D eigenvalue weighted by Gasteiger charge is -2.13. The van der Waals surface area contributed by atoms with Crippen molar-refractivity contribution in [1.82, 2.24) is 5.43 Å². The van der Waals surface area contributed by atoms with Gasteiger partial charge in [-0.3, -0.25) is 4.79 Å². The normalized spacial score (nSPS) is 12.0. The van der Waals surface area contributed by atoms with E-state index in [-0.39, 0.29) is 5.91 Å². The van der Waals surface area contributed by atoms with Gasteiger partial charge in [-0.15, -0.1) is 0 Å². The molecule has 0 radical (unpaired) electrons. The summed E-state index contributed by atoms with van der Waals surface area (Å²) in [6.45, 7) is 4.10. The van der Waals surface area contributed by atoms with E-state index in [1.165, 1.54) is 6.21 Å². The van der Waals surface area contributed by atoms with Crippen LogP contribution in [0.1, 0.15) is 19.4 Å². The lowest BCUT2D eigenvalue weighted by molar-refractivity contribution is -0.127. The number of carbonyl (C=O) groups is 1. The number of hydrogen-bond donors (Lipinski definition) is 1. The molecule has 0 aliphatic carbocycles. The zero-order valence-electron chi connectivity index (χ0n) is 13.5. The lowest BCUT2D eigenvalue weighted by atomic mass is 10.2. The van der Waals surface area contributed by atoms with Gasteiger partial charge in [0.15, 0.2) is 6.10 Å². The van der Waals surface area contributed by atoms with Gasteiger partial charge in [0.2, 0.25) is 0 Å². The van der Waals surface area contributed by atoms with Crippen molar-refractivity contribution in [3.8, 4) is 11.5 Å². The molecule has 24 heavy (non-hydrogen) atoms. The molecule has 0 aliphatic rings. The SMILES string of the molecule is CCOc1ccccc1C=NNC(=O)C(C)Oc1cccc(Cl)c1. The second kappa shape index (κ2) is 8.93. The third-order valence-electron chi connectivity index (χ3n) is 3.08. The molecule has 2 aromatic rings. The van der Waals surface area contributed by atoms with Crippen molar-refractivity contribution in [2.45, 2.75) is 20.0 Å². The van der Waals surface area contributed by atoms with Crippen LogP contribution in [0.25, 0.3) is 0 Å². The molecule has 1 amide bonds. The van der Waals surface area contributed by atoms with Gasteiger partial charge in [0.25, 0.3) is 5.91 Å². The molecule has 5 nitrogen and oxygen atoms in total. The van der Waals surface area contributed by atoms with Crippen LogP contribution < -0.4 is 14.9 Å². The molecule has 1 atom stereocenters. The van der Waals surface area contributed by atoms with Gasteiger partial charge >= 0.3 is 0 Å². The molecule has 0 aromatic heterocycles. The Kier molecular flexibility index (Phi) is 6.63. The Morgan fingerprint density at radius 3 is 2.83 bits per heavy atom. The second-order valence-corrected chi connectivity index (χ2v) is 5.36. The van der Waals surface area contributed by atoms with Gasteiger partial charge in [-0.25, -0.2) is 5.43 Å². The monoisotopic (exact) mass is 346 g/mol. The van der Waals surface area contributed by atoms with Gasteiger partial charge in [-0.05, 0) is 44.2 Å². The average Bonchev–Trinajstić information content (AvgIpc) is 2.56. The standard InChI is InChI=1S/C18H19ClN2O3/c1-3-23-17-10-5-4-7-14(17)12-20-21-18(22)13(2)24-16-9-6-8-15(19)11-16/h4-13H,3H2,1-2H3,(H,21,22). The minimum absolute atomic E-state index is 0.361. The number of carbonyl (C=O) groups excluding carboxylic acids is 1. The maximum atomic E-state index is 12.0. The quantitative estimate of drug-likeness (QED) is 0.615. The first kappa shape index (κ1) is 17.8. The molecular formula is C18H19ClN2O3. The number of hydrazone groups is 1. The highest BCUT2D eigenvalue weighted by atomic mass is 35.5. The molecule has 1 unspecified atom stereocenters. The van der Waals surface area contributed by atoms with E-state index in [9.17, 15) is 4.79 Å². The summed E-state index contributed by atoms with van der Waals surface area (Å²) in [5, 5.41) is 4.50. The van der Waals surface area contributed by atoms with Gasteiger partial charge < -0.3 is 9.47 Å². The van der Waals surface area contributed by atoms with Gasteiger partial charge in [0.1, 0.15) is 11.5 Å². The highest BCUT2D eigenvalue weighted by Gasteiger charge is 2.14. The summed E-state index contributed by atoms with van der Waals surface area (Å²) >= 11 is 5.88. The molecule has 0 saturated heterocycles. The third kappa shape index (κ3) is 5.28. The molecular weight excluding hydrogens is 328 g/mol. The van der Waals surface area contributed by atoms with E-state index >= 15 is 0 Å². The van der Waals surface area contributed by atoms with E-state index in [1.807, 2.05) is 31.2 Å². The predicted molar refractivity (Wildman–Crippen MR) is 94.9 cm³/mol. The number of ether oxygens (including phenoxy) is 2. The summed E-state index contributed by atoms with van der Waals surface area (Å²) in [6.07, 6.45) is 0.831. The van der Waals surface area contributed by atoms with Crippen LogP contribution in [0, 0.1) is 0 Å². The molecule has 0 bridgehead atoms. The van der Waals surface area contributed by atoms with Crippen LogP contribution in [0.5, 0.6) is 11.5 Å². The van der Waals surface area contributed by atoms with Crippen LogP contribution >= 0.6 is 11.6 Å². The fourth-order valence-corrected chi connectivity index (χ4v) is 2.11. The number of nitrogens with zero attached hydrogens (tertiary/aromatic N) is 1. The summed E-state index contributed by atoms with van der Waals surface area (Å²) < 4.78 is 11.0. The molecule has 0 spiro atoms. The Morgan fingerprint density at radius 2 is 2.08 bits per heavy atom. The van der Waals surface area contributed by atoms with Crippen LogP contribution in [0.2, 0.25) is 5.02 Å². The third-order valence-corrected chi connectivity index (χ3v) is 3.31. The van der Waals surface area contributed by atoms with E-state index in [0.717, 1.165) is 5.56 Å². The minimum atomic E-state index is -0.706. The zero-order valence-corrected chi connectivity index (χ0v) is 14.3. The van der Waals surface area contributed by atoms with Crippen molar-refractivity contribution < 1.29 is 14.3 Å². The minimum Gasteiger partial charge on any atom is -0.493 e. The molecule has 1 N–H and O–H groups in total. The van der Waals surface area contributed by atoms with Crippen molar-refractivity contribution in [3.63, 3.8) is 0 Å². The second-order valence-electron chi connectivity index (χ2n) is 4.92. The zero-order chi connectivity index (χ0) is 17.4. The van der Waals surface area contributed by atoms with Crippen LogP contribution in [0.3, 0.4) is 0 Å². The van der Waals surface area contributed by atoms with E-state index in [0.29, 0.717) is 23.1 Å². The van der Waals surface area contributed by atoms with Crippen molar-refractivity contribution in [3.05, 3.63) is 59.1 Å². The Labute approximate surface area is 146 Å². The topological polar surface area (TPSA) is 59.9 Å². The number of amides is 1. The predicted octanol–water partition coefficient (Wildman–Crippen LogP) is 3.66. The first-order valence-electron chi connectivity index (χ1n) is 7.57. The Morgan fingerprint density at radius 1 is 1.29 bits per heavy atom. The van der Waals surface area contributed by atoms with Crippen molar-refractivity contribution in [2.75, 3.05) is 6.61 Å². The maximum absolute atomic E-state index is 12.0. The highest BCUT2D eigenvalue weighted by Crippen LogP contribution is 2.18. The molecule has 2 aromatic carbocycles. The smallest absolute Gasteiger partial charge is 0.280 e. The number of halogens is 1. The van der Waals surface area contributed by atoms with Gasteiger partial charge in [-0.1, -0.05) is 29.8 Å². The van der Waals surface area contributed by atoms with Crippen LogP contribution in [0.15, 0.2) is 53.6 Å².